The Morgan fingerprint density at radius 2 is 2.08 bits per heavy atom. The summed E-state index contributed by atoms with van der Waals surface area (Å²) in [6, 6.07) is -0.288. The fraction of sp³-hybridized carbons (Fsp3) is 0.647. The molecular formula is C17H27N7O. The minimum Gasteiger partial charge on any atom is -0.340 e. The first-order chi connectivity index (χ1) is 12.1. The molecule has 0 aromatic carbocycles. The maximum atomic E-state index is 13.1. The number of carbonyl (C=O) groups excluding carboxylic acids is 1. The highest BCUT2D eigenvalue weighted by atomic mass is 16.2. The quantitative estimate of drug-likeness (QED) is 0.807. The number of aromatic nitrogens is 5. The number of hydrogen-bond donors (Lipinski definition) is 0. The first-order valence-corrected chi connectivity index (χ1v) is 8.87. The van der Waals surface area contributed by atoms with Gasteiger partial charge in [-0.3, -0.25) is 9.69 Å². The first kappa shape index (κ1) is 17.6. The van der Waals surface area contributed by atoms with Crippen LogP contribution in [0.2, 0.25) is 0 Å². The van der Waals surface area contributed by atoms with Crippen LogP contribution in [0.25, 0.3) is 0 Å². The zero-order valence-electron chi connectivity index (χ0n) is 15.2. The minimum absolute atomic E-state index is 0.138. The van der Waals surface area contributed by atoms with Gasteiger partial charge >= 0.3 is 0 Å². The predicted octanol–water partition coefficient (Wildman–Crippen LogP) is 0.943. The second-order valence-corrected chi connectivity index (χ2v) is 6.97. The van der Waals surface area contributed by atoms with Gasteiger partial charge in [0, 0.05) is 45.6 Å². The number of hydrogen-bond acceptors (Lipinski definition) is 5. The molecule has 0 radical (unpaired) electrons. The number of nitrogens with zero attached hydrogens (tertiary/aromatic N) is 7. The number of imidazole rings is 1. The molecule has 1 saturated heterocycles. The maximum Gasteiger partial charge on any atom is 0.247 e. The Kier molecular flexibility index (Phi) is 5.47. The molecular weight excluding hydrogens is 318 g/mol. The van der Waals surface area contributed by atoms with Crippen molar-refractivity contribution in [1.82, 2.24) is 34.1 Å². The molecule has 0 aliphatic carbocycles. The van der Waals surface area contributed by atoms with Crippen molar-refractivity contribution in [3.63, 3.8) is 0 Å². The second-order valence-electron chi connectivity index (χ2n) is 6.97. The molecule has 3 rings (SSSR count). The van der Waals surface area contributed by atoms with Gasteiger partial charge in [0.25, 0.3) is 0 Å². The Balaban J connectivity index is 1.63. The van der Waals surface area contributed by atoms with Gasteiger partial charge in [-0.15, -0.1) is 0 Å². The molecule has 1 aliphatic rings. The van der Waals surface area contributed by atoms with Crippen LogP contribution in [0.5, 0.6) is 0 Å². The van der Waals surface area contributed by atoms with Gasteiger partial charge in [0.05, 0.1) is 6.54 Å². The molecule has 3 heterocycles. The van der Waals surface area contributed by atoms with Crippen LogP contribution in [0.1, 0.15) is 32.1 Å². The minimum atomic E-state index is -0.288. The molecule has 0 spiro atoms. The molecule has 1 atom stereocenters. The first-order valence-electron chi connectivity index (χ1n) is 8.87. The van der Waals surface area contributed by atoms with Crippen molar-refractivity contribution >= 4 is 5.91 Å². The highest BCUT2D eigenvalue weighted by molar-refractivity contribution is 5.80. The van der Waals surface area contributed by atoms with Crippen LogP contribution < -0.4 is 0 Å². The molecule has 1 aliphatic heterocycles. The molecule has 0 bridgehead atoms. The Bertz CT molecular complexity index is 679. The van der Waals surface area contributed by atoms with Crippen molar-refractivity contribution in [3.8, 4) is 0 Å². The average Bonchev–Trinajstić information content (AvgIpc) is 3.16. The Hall–Kier alpha value is -2.22. The van der Waals surface area contributed by atoms with Gasteiger partial charge in [-0.05, 0) is 12.3 Å². The number of rotatable bonds is 5. The summed E-state index contributed by atoms with van der Waals surface area (Å²) in [5.74, 6) is 1.36. The lowest BCUT2D eigenvalue weighted by molar-refractivity contribution is -0.136. The van der Waals surface area contributed by atoms with E-state index >= 15 is 0 Å². The van der Waals surface area contributed by atoms with Crippen LogP contribution in [0.4, 0.5) is 0 Å². The van der Waals surface area contributed by atoms with Gasteiger partial charge in [0.15, 0.2) is 0 Å². The second kappa shape index (κ2) is 7.77. The maximum absolute atomic E-state index is 13.1. The summed E-state index contributed by atoms with van der Waals surface area (Å²) in [6.45, 7) is 8.29. The standard InChI is InChI=1S/C17H27N7O/c1-14(2)16(24-13-18-12-20-24)17(25)23-7-4-6-22(9-10-23)11-15-19-5-8-21(15)3/h5,8,12-14,16H,4,6-7,9-11H2,1-3H3. The summed E-state index contributed by atoms with van der Waals surface area (Å²) in [5, 5.41) is 4.19. The number of aryl methyl sites for hydroxylation is 1. The molecule has 1 amide bonds. The molecule has 2 aromatic heterocycles. The van der Waals surface area contributed by atoms with E-state index in [2.05, 4.69) is 33.8 Å². The normalized spacial score (nSPS) is 17.7. The van der Waals surface area contributed by atoms with Gasteiger partial charge in [0.2, 0.25) is 5.91 Å². The summed E-state index contributed by atoms with van der Waals surface area (Å²) >= 11 is 0. The van der Waals surface area contributed by atoms with Gasteiger partial charge in [0.1, 0.15) is 24.5 Å². The van der Waals surface area contributed by atoms with E-state index in [1.807, 2.05) is 28.9 Å². The van der Waals surface area contributed by atoms with Crippen LogP contribution >= 0.6 is 0 Å². The van der Waals surface area contributed by atoms with Gasteiger partial charge in [-0.25, -0.2) is 14.6 Å². The lowest BCUT2D eigenvalue weighted by atomic mass is 10.0. The molecule has 136 valence electrons. The number of amides is 1. The highest BCUT2D eigenvalue weighted by Gasteiger charge is 2.30. The molecule has 25 heavy (non-hydrogen) atoms. The van der Waals surface area contributed by atoms with E-state index in [1.165, 1.54) is 6.33 Å². The predicted molar refractivity (Wildman–Crippen MR) is 93.6 cm³/mol. The summed E-state index contributed by atoms with van der Waals surface area (Å²) in [7, 11) is 2.02. The largest absolute Gasteiger partial charge is 0.340 e. The van der Waals surface area contributed by atoms with E-state index in [1.54, 1.807) is 11.0 Å². The lowest BCUT2D eigenvalue weighted by Crippen LogP contribution is -2.41. The van der Waals surface area contributed by atoms with Crippen molar-refractivity contribution in [2.45, 2.75) is 32.9 Å². The van der Waals surface area contributed by atoms with E-state index in [4.69, 9.17) is 0 Å². The Morgan fingerprint density at radius 3 is 2.72 bits per heavy atom. The molecule has 8 nitrogen and oxygen atoms in total. The van der Waals surface area contributed by atoms with E-state index in [-0.39, 0.29) is 17.9 Å². The van der Waals surface area contributed by atoms with Gasteiger partial charge < -0.3 is 9.47 Å². The zero-order chi connectivity index (χ0) is 17.8. The zero-order valence-corrected chi connectivity index (χ0v) is 15.2. The Labute approximate surface area is 148 Å². The summed E-state index contributed by atoms with van der Waals surface area (Å²) < 4.78 is 3.73. The van der Waals surface area contributed by atoms with Gasteiger partial charge in [-0.1, -0.05) is 13.8 Å². The molecule has 1 unspecified atom stereocenters. The van der Waals surface area contributed by atoms with E-state index < -0.39 is 0 Å². The highest BCUT2D eigenvalue weighted by Crippen LogP contribution is 2.20. The summed E-state index contributed by atoms with van der Waals surface area (Å²) in [6.07, 6.45) is 7.88. The average molecular weight is 345 g/mol. The van der Waals surface area contributed by atoms with Crippen LogP contribution in [0, 0.1) is 5.92 Å². The van der Waals surface area contributed by atoms with Crippen molar-refractivity contribution < 1.29 is 4.79 Å². The molecule has 0 saturated carbocycles. The van der Waals surface area contributed by atoms with E-state index in [9.17, 15) is 4.79 Å². The van der Waals surface area contributed by atoms with E-state index in [0.717, 1.165) is 45.0 Å². The third kappa shape index (κ3) is 4.07. The topological polar surface area (TPSA) is 72.1 Å². The van der Waals surface area contributed by atoms with Crippen LogP contribution in [0.3, 0.4) is 0 Å². The van der Waals surface area contributed by atoms with E-state index in [0.29, 0.717) is 0 Å². The third-order valence-electron chi connectivity index (χ3n) is 4.79. The molecule has 8 heteroatoms. The Morgan fingerprint density at radius 1 is 1.24 bits per heavy atom. The lowest BCUT2D eigenvalue weighted by Gasteiger charge is -2.28. The number of carbonyl (C=O) groups is 1. The van der Waals surface area contributed by atoms with Crippen molar-refractivity contribution in [1.29, 1.82) is 0 Å². The summed E-state index contributed by atoms with van der Waals surface area (Å²) in [4.78, 5) is 25.8. The van der Waals surface area contributed by atoms with Crippen LogP contribution in [-0.4, -0.2) is 66.2 Å². The smallest absolute Gasteiger partial charge is 0.247 e. The van der Waals surface area contributed by atoms with Crippen molar-refractivity contribution in [2.24, 2.45) is 13.0 Å². The summed E-state index contributed by atoms with van der Waals surface area (Å²) in [5.41, 5.74) is 0. The van der Waals surface area contributed by atoms with Crippen LogP contribution in [-0.2, 0) is 18.4 Å². The monoisotopic (exact) mass is 345 g/mol. The molecule has 0 N–H and O–H groups in total. The van der Waals surface area contributed by atoms with Crippen LogP contribution in [0.15, 0.2) is 25.0 Å². The molecule has 1 fully saturated rings. The van der Waals surface area contributed by atoms with Crippen molar-refractivity contribution in [2.75, 3.05) is 26.2 Å². The fourth-order valence-corrected chi connectivity index (χ4v) is 3.35. The fourth-order valence-electron chi connectivity index (χ4n) is 3.35. The van der Waals surface area contributed by atoms with Gasteiger partial charge in [-0.2, -0.15) is 5.10 Å². The third-order valence-corrected chi connectivity index (χ3v) is 4.79. The van der Waals surface area contributed by atoms with Crippen molar-refractivity contribution in [3.05, 3.63) is 30.9 Å². The molecule has 2 aromatic rings. The SMILES string of the molecule is CC(C)C(C(=O)N1CCCN(Cc2nccn2C)CC1)n1cncn1.